The Bertz CT molecular complexity index is 1150. The molecule has 4 aromatic carbocycles. The topological polar surface area (TPSA) is 52.6 Å². The van der Waals surface area contributed by atoms with Crippen molar-refractivity contribution in [3.05, 3.63) is 84.9 Å². The SMILES string of the molecule is CC(C)C(=O)P(=O)(Oc1cccc2ccccc12)Oc1cccc2ccccc12. The molecule has 0 unspecified atom stereocenters. The Balaban J connectivity index is 1.81. The highest BCUT2D eigenvalue weighted by atomic mass is 31.2. The van der Waals surface area contributed by atoms with Crippen molar-refractivity contribution >= 4 is 34.7 Å². The van der Waals surface area contributed by atoms with Gasteiger partial charge in [-0.15, -0.1) is 0 Å². The summed E-state index contributed by atoms with van der Waals surface area (Å²) in [5, 5.41) is 3.40. The van der Waals surface area contributed by atoms with E-state index in [1.165, 1.54) is 0 Å². The van der Waals surface area contributed by atoms with Gasteiger partial charge in [-0.25, -0.2) is 4.57 Å². The number of hydrogen-bond acceptors (Lipinski definition) is 4. The molecule has 4 nitrogen and oxygen atoms in total. The molecule has 0 amide bonds. The highest BCUT2D eigenvalue weighted by molar-refractivity contribution is 7.72. The van der Waals surface area contributed by atoms with Crippen LogP contribution in [-0.4, -0.2) is 5.52 Å². The van der Waals surface area contributed by atoms with Gasteiger partial charge in [-0.1, -0.05) is 86.6 Å². The molecule has 4 aromatic rings. The zero-order chi connectivity index (χ0) is 20.4. The number of benzene rings is 4. The molecule has 0 spiro atoms. The Kier molecular flexibility index (Phi) is 5.12. The molecule has 0 heterocycles. The first-order chi connectivity index (χ1) is 14.0. The summed E-state index contributed by atoms with van der Waals surface area (Å²) in [6.07, 6.45) is 0. The molecule has 29 heavy (non-hydrogen) atoms. The number of carbonyl (C=O) groups is 1. The molecule has 0 bridgehead atoms. The molecule has 0 radical (unpaired) electrons. The average molecular weight is 404 g/mol. The van der Waals surface area contributed by atoms with Crippen molar-refractivity contribution in [3.63, 3.8) is 0 Å². The van der Waals surface area contributed by atoms with Crippen molar-refractivity contribution in [1.82, 2.24) is 0 Å². The van der Waals surface area contributed by atoms with Crippen molar-refractivity contribution in [3.8, 4) is 11.5 Å². The van der Waals surface area contributed by atoms with Crippen molar-refractivity contribution in [1.29, 1.82) is 0 Å². The lowest BCUT2D eigenvalue weighted by molar-refractivity contribution is -0.115. The summed E-state index contributed by atoms with van der Waals surface area (Å²) in [5.41, 5.74) is -0.557. The van der Waals surface area contributed by atoms with Crippen molar-refractivity contribution in [2.24, 2.45) is 5.92 Å². The first kappa shape index (κ1) is 19.2. The van der Waals surface area contributed by atoms with Gasteiger partial charge in [-0.2, -0.15) is 0 Å². The molecular formula is C24H21O4P. The quantitative estimate of drug-likeness (QED) is 0.331. The summed E-state index contributed by atoms with van der Waals surface area (Å²) in [6, 6.07) is 26.1. The van der Waals surface area contributed by atoms with E-state index in [2.05, 4.69) is 0 Å². The molecule has 0 atom stereocenters. The van der Waals surface area contributed by atoms with E-state index < -0.39 is 19.0 Å². The van der Waals surface area contributed by atoms with Crippen LogP contribution in [0.1, 0.15) is 13.8 Å². The summed E-state index contributed by atoms with van der Waals surface area (Å²) in [6.45, 7) is 3.38. The van der Waals surface area contributed by atoms with Crippen molar-refractivity contribution in [2.75, 3.05) is 0 Å². The second-order valence-corrected chi connectivity index (χ2v) is 8.93. The number of hydrogen-bond donors (Lipinski definition) is 0. The van der Waals surface area contributed by atoms with Crippen LogP contribution < -0.4 is 9.05 Å². The second kappa shape index (κ2) is 7.73. The maximum absolute atomic E-state index is 13.8. The number of carbonyl (C=O) groups excluding carboxylic acids is 1. The fourth-order valence-electron chi connectivity index (χ4n) is 3.23. The van der Waals surface area contributed by atoms with E-state index >= 15 is 0 Å². The predicted octanol–water partition coefficient (Wildman–Crippen LogP) is 6.83. The fraction of sp³-hybridized carbons (Fsp3) is 0.125. The van der Waals surface area contributed by atoms with Crippen molar-refractivity contribution < 1.29 is 18.4 Å². The van der Waals surface area contributed by atoms with E-state index in [4.69, 9.17) is 9.05 Å². The fourth-order valence-corrected chi connectivity index (χ4v) is 4.92. The Morgan fingerprint density at radius 3 is 1.55 bits per heavy atom. The third-order valence-corrected chi connectivity index (χ3v) is 6.63. The third-order valence-electron chi connectivity index (χ3n) is 4.70. The van der Waals surface area contributed by atoms with E-state index in [0.717, 1.165) is 21.5 Å². The van der Waals surface area contributed by atoms with Crippen LogP contribution >= 0.6 is 7.60 Å². The van der Waals surface area contributed by atoms with E-state index in [1.54, 1.807) is 38.1 Å². The first-order valence-electron chi connectivity index (χ1n) is 9.47. The highest BCUT2D eigenvalue weighted by Crippen LogP contribution is 2.53. The normalized spacial score (nSPS) is 11.7. The zero-order valence-corrected chi connectivity index (χ0v) is 17.1. The average Bonchev–Trinajstić information content (AvgIpc) is 2.73. The maximum Gasteiger partial charge on any atom is 0.498 e. The monoisotopic (exact) mass is 404 g/mol. The Labute approximate surface area is 169 Å². The van der Waals surface area contributed by atoms with Crippen LogP contribution in [-0.2, 0) is 9.36 Å². The van der Waals surface area contributed by atoms with Gasteiger partial charge in [0.1, 0.15) is 11.5 Å². The standard InChI is InChI=1S/C24H21O4P/c1-17(2)24(25)29(26,27-22-15-7-11-18-9-3-5-13-20(18)22)28-23-16-8-12-19-10-4-6-14-21(19)23/h3-17H,1-2H3. The molecule has 0 aliphatic heterocycles. The Hall–Kier alpha value is -3.10. The lowest BCUT2D eigenvalue weighted by atomic mass is 10.1. The zero-order valence-electron chi connectivity index (χ0n) is 16.2. The van der Waals surface area contributed by atoms with Crippen LogP contribution in [0, 0.1) is 5.92 Å². The molecule has 0 N–H and O–H groups in total. The Morgan fingerprint density at radius 1 is 0.690 bits per heavy atom. The minimum absolute atomic E-state index is 0.362. The summed E-state index contributed by atoms with van der Waals surface area (Å²) >= 11 is 0. The minimum atomic E-state index is -4.16. The number of rotatable bonds is 6. The molecule has 4 rings (SSSR count). The lowest BCUT2D eigenvalue weighted by Gasteiger charge is -2.21. The summed E-state index contributed by atoms with van der Waals surface area (Å²) < 4.78 is 25.5. The van der Waals surface area contributed by atoms with Crippen LogP contribution in [0.25, 0.3) is 21.5 Å². The van der Waals surface area contributed by atoms with Crippen LogP contribution in [0.2, 0.25) is 0 Å². The highest BCUT2D eigenvalue weighted by Gasteiger charge is 2.40. The molecule has 0 aromatic heterocycles. The van der Waals surface area contributed by atoms with Gasteiger partial charge >= 0.3 is 7.60 Å². The van der Waals surface area contributed by atoms with Crippen LogP contribution in [0.15, 0.2) is 84.9 Å². The van der Waals surface area contributed by atoms with Gasteiger partial charge in [-0.3, -0.25) is 4.79 Å². The van der Waals surface area contributed by atoms with Gasteiger partial charge in [0.25, 0.3) is 5.52 Å². The molecule has 0 aliphatic carbocycles. The molecule has 0 aliphatic rings. The van der Waals surface area contributed by atoms with E-state index in [1.807, 2.05) is 60.7 Å². The van der Waals surface area contributed by atoms with Gasteiger partial charge in [0.2, 0.25) is 0 Å². The third kappa shape index (κ3) is 3.76. The molecule has 5 heteroatoms. The molecule has 0 saturated carbocycles. The van der Waals surface area contributed by atoms with E-state index in [9.17, 15) is 9.36 Å². The molecular weight excluding hydrogens is 383 g/mol. The van der Waals surface area contributed by atoms with Gasteiger partial charge < -0.3 is 9.05 Å². The van der Waals surface area contributed by atoms with Gasteiger partial charge in [0, 0.05) is 16.7 Å². The molecule has 0 fully saturated rings. The summed E-state index contributed by atoms with van der Waals surface area (Å²) in [5.74, 6) is 0.215. The van der Waals surface area contributed by atoms with Crippen LogP contribution in [0.4, 0.5) is 0 Å². The number of fused-ring (bicyclic) bond motifs is 2. The van der Waals surface area contributed by atoms with Gasteiger partial charge in [0.05, 0.1) is 0 Å². The van der Waals surface area contributed by atoms with E-state index in [0.29, 0.717) is 11.5 Å². The van der Waals surface area contributed by atoms with Gasteiger partial charge in [-0.05, 0) is 22.9 Å². The lowest BCUT2D eigenvalue weighted by Crippen LogP contribution is -2.16. The van der Waals surface area contributed by atoms with Crippen LogP contribution in [0.3, 0.4) is 0 Å². The molecule has 146 valence electrons. The van der Waals surface area contributed by atoms with Crippen LogP contribution in [0.5, 0.6) is 11.5 Å². The van der Waals surface area contributed by atoms with Crippen molar-refractivity contribution in [2.45, 2.75) is 13.8 Å². The first-order valence-corrected chi connectivity index (χ1v) is 11.0. The second-order valence-electron chi connectivity index (χ2n) is 7.13. The maximum atomic E-state index is 13.8. The predicted molar refractivity (Wildman–Crippen MR) is 117 cm³/mol. The molecule has 0 saturated heterocycles. The largest absolute Gasteiger partial charge is 0.498 e. The summed E-state index contributed by atoms with van der Waals surface area (Å²) in [7, 11) is -4.16. The smallest absolute Gasteiger partial charge is 0.410 e. The summed E-state index contributed by atoms with van der Waals surface area (Å²) in [4.78, 5) is 12.9. The Morgan fingerprint density at radius 2 is 1.10 bits per heavy atom. The van der Waals surface area contributed by atoms with E-state index in [-0.39, 0.29) is 0 Å². The van der Waals surface area contributed by atoms with Gasteiger partial charge in [0.15, 0.2) is 0 Å². The minimum Gasteiger partial charge on any atom is -0.410 e.